The topological polar surface area (TPSA) is 57.5 Å². The van der Waals surface area contributed by atoms with Crippen molar-refractivity contribution in [2.45, 2.75) is 116 Å². The highest BCUT2D eigenvalue weighted by Gasteiger charge is 2.34. The smallest absolute Gasteiger partial charge is 0.0223 e. The van der Waals surface area contributed by atoms with E-state index in [2.05, 4.69) is 63.2 Å². The summed E-state index contributed by atoms with van der Waals surface area (Å²) in [4.78, 5) is 0. The van der Waals surface area contributed by atoms with E-state index in [9.17, 15) is 0 Å². The van der Waals surface area contributed by atoms with Gasteiger partial charge in [-0.25, -0.2) is 0 Å². The SMILES string of the molecule is CCCCCCCCCCC(c1cccc2ccccc12)C(N)(CCC)CCC.O. The van der Waals surface area contributed by atoms with Crippen LogP contribution in [0.3, 0.4) is 0 Å². The fraction of sp³-hybridized carbons (Fsp3) is 0.643. The summed E-state index contributed by atoms with van der Waals surface area (Å²) in [6.45, 7) is 6.86. The zero-order valence-electron chi connectivity index (χ0n) is 19.9. The Balaban J connectivity index is 0.00000450. The molecule has 0 fully saturated rings. The Morgan fingerprint density at radius 3 is 1.90 bits per heavy atom. The second-order valence-electron chi connectivity index (χ2n) is 9.12. The Labute approximate surface area is 186 Å². The first-order chi connectivity index (χ1) is 14.2. The predicted octanol–water partition coefficient (Wildman–Crippen LogP) is 7.93. The third-order valence-corrected chi connectivity index (χ3v) is 6.67. The molecule has 0 aliphatic heterocycles. The Kier molecular flexibility index (Phi) is 13.0. The number of rotatable bonds is 15. The van der Waals surface area contributed by atoms with Crippen molar-refractivity contribution in [3.05, 3.63) is 48.0 Å². The van der Waals surface area contributed by atoms with Crippen molar-refractivity contribution in [2.75, 3.05) is 0 Å². The van der Waals surface area contributed by atoms with Gasteiger partial charge < -0.3 is 11.2 Å². The average Bonchev–Trinajstić information content (AvgIpc) is 2.73. The molecule has 30 heavy (non-hydrogen) atoms. The largest absolute Gasteiger partial charge is 0.412 e. The molecular formula is C28H47NO. The van der Waals surface area contributed by atoms with E-state index < -0.39 is 0 Å². The van der Waals surface area contributed by atoms with Crippen molar-refractivity contribution in [3.63, 3.8) is 0 Å². The van der Waals surface area contributed by atoms with E-state index in [1.165, 1.54) is 74.1 Å². The molecule has 2 rings (SSSR count). The normalized spacial score (nSPS) is 12.7. The molecule has 0 aliphatic carbocycles. The van der Waals surface area contributed by atoms with Gasteiger partial charge in [-0.1, -0.05) is 127 Å². The van der Waals surface area contributed by atoms with Crippen LogP contribution in [-0.4, -0.2) is 11.0 Å². The molecule has 0 radical (unpaired) electrons. The lowest BCUT2D eigenvalue weighted by Gasteiger charge is -2.39. The summed E-state index contributed by atoms with van der Waals surface area (Å²) in [5, 5.41) is 2.75. The van der Waals surface area contributed by atoms with Crippen molar-refractivity contribution in [1.82, 2.24) is 0 Å². The summed E-state index contributed by atoms with van der Waals surface area (Å²) in [6, 6.07) is 15.7. The summed E-state index contributed by atoms with van der Waals surface area (Å²) in [5.74, 6) is 0.452. The molecule has 1 atom stereocenters. The molecule has 0 amide bonds. The van der Waals surface area contributed by atoms with Crippen molar-refractivity contribution in [2.24, 2.45) is 5.73 Å². The maximum atomic E-state index is 7.18. The Bertz CT molecular complexity index is 685. The molecule has 0 heterocycles. The third kappa shape index (κ3) is 7.71. The molecule has 0 saturated carbocycles. The molecule has 2 aromatic carbocycles. The van der Waals surface area contributed by atoms with Crippen molar-refractivity contribution in [1.29, 1.82) is 0 Å². The van der Waals surface area contributed by atoms with E-state index in [4.69, 9.17) is 5.73 Å². The van der Waals surface area contributed by atoms with Crippen LogP contribution in [-0.2, 0) is 0 Å². The maximum absolute atomic E-state index is 7.18. The van der Waals surface area contributed by atoms with Gasteiger partial charge >= 0.3 is 0 Å². The first-order valence-electron chi connectivity index (χ1n) is 12.4. The molecular weight excluding hydrogens is 366 g/mol. The third-order valence-electron chi connectivity index (χ3n) is 6.67. The number of hydrogen-bond donors (Lipinski definition) is 1. The summed E-state index contributed by atoms with van der Waals surface area (Å²) in [5.41, 5.74) is 8.58. The molecule has 2 aromatic rings. The van der Waals surface area contributed by atoms with Crippen LogP contribution in [0, 0.1) is 0 Å². The van der Waals surface area contributed by atoms with E-state index in [1.54, 1.807) is 0 Å². The number of fused-ring (bicyclic) bond motifs is 1. The molecule has 1 unspecified atom stereocenters. The van der Waals surface area contributed by atoms with Gasteiger partial charge in [-0.2, -0.15) is 0 Å². The van der Waals surface area contributed by atoms with E-state index >= 15 is 0 Å². The lowest BCUT2D eigenvalue weighted by molar-refractivity contribution is 0.276. The van der Waals surface area contributed by atoms with Gasteiger partial charge in [0.15, 0.2) is 0 Å². The maximum Gasteiger partial charge on any atom is 0.0223 e. The number of nitrogens with two attached hydrogens (primary N) is 1. The standard InChI is InChI=1S/C28H45N.H2O/c1-4-7-8-9-10-11-12-13-21-27(28(29,22-5-2)23-6-3)26-20-16-18-24-17-14-15-19-25(24)26;/h14-20,27H,4-13,21-23,29H2,1-3H3;1H2. The Morgan fingerprint density at radius 1 is 0.700 bits per heavy atom. The predicted molar refractivity (Wildman–Crippen MR) is 134 cm³/mol. The van der Waals surface area contributed by atoms with Gasteiger partial charge in [-0.05, 0) is 35.6 Å². The monoisotopic (exact) mass is 413 g/mol. The fourth-order valence-corrected chi connectivity index (χ4v) is 5.19. The molecule has 2 heteroatoms. The van der Waals surface area contributed by atoms with Gasteiger partial charge in [0, 0.05) is 11.5 Å². The van der Waals surface area contributed by atoms with Gasteiger partial charge in [0.05, 0.1) is 0 Å². The minimum atomic E-state index is -0.0885. The van der Waals surface area contributed by atoms with Gasteiger partial charge in [-0.15, -0.1) is 0 Å². The second kappa shape index (κ2) is 14.6. The lowest BCUT2D eigenvalue weighted by Crippen LogP contribution is -2.45. The molecule has 170 valence electrons. The highest BCUT2D eigenvalue weighted by atomic mass is 16.0. The van der Waals surface area contributed by atoms with Gasteiger partial charge in [0.1, 0.15) is 0 Å². The van der Waals surface area contributed by atoms with Crippen LogP contribution in [0.5, 0.6) is 0 Å². The van der Waals surface area contributed by atoms with Gasteiger partial charge in [0.25, 0.3) is 0 Å². The van der Waals surface area contributed by atoms with Crippen molar-refractivity contribution in [3.8, 4) is 0 Å². The quantitative estimate of drug-likeness (QED) is 0.296. The van der Waals surface area contributed by atoms with E-state index in [-0.39, 0.29) is 11.0 Å². The van der Waals surface area contributed by atoms with Crippen LogP contribution in [0.2, 0.25) is 0 Å². The highest BCUT2D eigenvalue weighted by Crippen LogP contribution is 2.40. The second-order valence-corrected chi connectivity index (χ2v) is 9.12. The van der Waals surface area contributed by atoms with E-state index in [1.807, 2.05) is 0 Å². The molecule has 2 nitrogen and oxygen atoms in total. The molecule has 4 N–H and O–H groups in total. The number of unbranched alkanes of at least 4 members (excludes halogenated alkanes) is 7. The summed E-state index contributed by atoms with van der Waals surface area (Å²) in [6.07, 6.45) is 16.8. The first-order valence-corrected chi connectivity index (χ1v) is 12.4. The summed E-state index contributed by atoms with van der Waals surface area (Å²) >= 11 is 0. The highest BCUT2D eigenvalue weighted by molar-refractivity contribution is 5.86. The zero-order valence-corrected chi connectivity index (χ0v) is 19.9. The van der Waals surface area contributed by atoms with Crippen LogP contribution >= 0.6 is 0 Å². The summed E-state index contributed by atoms with van der Waals surface area (Å²) < 4.78 is 0. The van der Waals surface area contributed by atoms with Gasteiger partial charge in [-0.3, -0.25) is 0 Å². The van der Waals surface area contributed by atoms with Crippen LogP contribution in [0.15, 0.2) is 42.5 Å². The van der Waals surface area contributed by atoms with Crippen LogP contribution < -0.4 is 5.73 Å². The Morgan fingerprint density at radius 2 is 1.27 bits per heavy atom. The van der Waals surface area contributed by atoms with Crippen molar-refractivity contribution < 1.29 is 5.48 Å². The average molecular weight is 414 g/mol. The van der Waals surface area contributed by atoms with Gasteiger partial charge in [0.2, 0.25) is 0 Å². The number of hydrogen-bond acceptors (Lipinski definition) is 1. The zero-order chi connectivity index (χ0) is 21.0. The van der Waals surface area contributed by atoms with Crippen LogP contribution in [0.4, 0.5) is 0 Å². The summed E-state index contributed by atoms with van der Waals surface area (Å²) in [7, 11) is 0. The van der Waals surface area contributed by atoms with Crippen molar-refractivity contribution >= 4 is 10.8 Å². The molecule has 0 bridgehead atoms. The lowest BCUT2D eigenvalue weighted by atomic mass is 9.71. The Hall–Kier alpha value is -1.38. The van der Waals surface area contributed by atoms with E-state index in [0.717, 1.165) is 25.7 Å². The number of benzene rings is 2. The van der Waals surface area contributed by atoms with Crippen LogP contribution in [0.25, 0.3) is 10.8 Å². The minimum Gasteiger partial charge on any atom is -0.412 e. The molecule has 0 saturated heterocycles. The first kappa shape index (κ1) is 26.7. The minimum absolute atomic E-state index is 0. The van der Waals surface area contributed by atoms with Crippen LogP contribution in [0.1, 0.15) is 116 Å². The fourth-order valence-electron chi connectivity index (χ4n) is 5.19. The molecule has 0 spiro atoms. The molecule has 0 aromatic heterocycles. The molecule has 0 aliphatic rings. The van der Waals surface area contributed by atoms with E-state index in [0.29, 0.717) is 5.92 Å².